The number of hydrogen-bond acceptors (Lipinski definition) is 3. The fraction of sp³-hybridized carbons (Fsp3) is 0.600. The van der Waals surface area contributed by atoms with E-state index in [1.54, 1.807) is 0 Å². The predicted molar refractivity (Wildman–Crippen MR) is 132 cm³/mol. The number of aromatic nitrogens is 2. The molecule has 0 saturated carbocycles. The fourth-order valence-corrected chi connectivity index (χ4v) is 4.19. The lowest BCUT2D eigenvalue weighted by Gasteiger charge is -2.37. The molecule has 172 valence electrons. The van der Waals surface area contributed by atoms with Gasteiger partial charge in [-0.2, -0.15) is 5.10 Å². The maximum absolute atomic E-state index is 4.54. The van der Waals surface area contributed by atoms with Gasteiger partial charge in [-0.15, -0.1) is 0 Å². The van der Waals surface area contributed by atoms with Crippen LogP contribution in [-0.2, 0) is 13.5 Å². The van der Waals surface area contributed by atoms with E-state index in [9.17, 15) is 0 Å². The molecule has 2 rings (SSSR count). The number of rotatable bonds is 10. The normalized spacial score (nSPS) is 14.4. The monoisotopic (exact) mass is 426 g/mol. The Hall–Kier alpha value is -2.34. The minimum atomic E-state index is -0.00730. The Morgan fingerprint density at radius 2 is 1.77 bits per heavy atom. The highest BCUT2D eigenvalue weighted by molar-refractivity contribution is 5.80. The summed E-state index contributed by atoms with van der Waals surface area (Å²) in [6.45, 7) is 14.0. The van der Waals surface area contributed by atoms with Crippen LogP contribution >= 0.6 is 0 Å². The summed E-state index contributed by atoms with van der Waals surface area (Å²) in [5, 5.41) is 15.6. The van der Waals surface area contributed by atoms with Crippen molar-refractivity contribution < 1.29 is 0 Å². The molecule has 0 saturated heterocycles. The van der Waals surface area contributed by atoms with Crippen LogP contribution in [0.1, 0.15) is 69.1 Å². The van der Waals surface area contributed by atoms with E-state index in [4.69, 9.17) is 0 Å². The van der Waals surface area contributed by atoms with Gasteiger partial charge in [0.05, 0.1) is 5.69 Å². The molecular formula is C25H42N6. The Morgan fingerprint density at radius 3 is 2.29 bits per heavy atom. The molecule has 0 radical (unpaired) electrons. The first-order chi connectivity index (χ1) is 14.7. The third-order valence-electron chi connectivity index (χ3n) is 6.55. The van der Waals surface area contributed by atoms with Gasteiger partial charge in [0.25, 0.3) is 0 Å². The van der Waals surface area contributed by atoms with Crippen molar-refractivity contribution >= 4 is 5.96 Å². The number of aryl methyl sites for hydroxylation is 2. The van der Waals surface area contributed by atoms with Gasteiger partial charge in [-0.1, -0.05) is 44.2 Å². The van der Waals surface area contributed by atoms with Crippen molar-refractivity contribution in [1.29, 1.82) is 0 Å². The van der Waals surface area contributed by atoms with Crippen molar-refractivity contribution in [1.82, 2.24) is 25.7 Å². The fourth-order valence-electron chi connectivity index (χ4n) is 4.19. The van der Waals surface area contributed by atoms with Gasteiger partial charge in [0.15, 0.2) is 5.96 Å². The first-order valence-electron chi connectivity index (χ1n) is 11.5. The van der Waals surface area contributed by atoms with Crippen molar-refractivity contribution in [2.75, 3.05) is 13.6 Å². The summed E-state index contributed by atoms with van der Waals surface area (Å²) >= 11 is 0. The molecule has 1 aromatic carbocycles. The zero-order valence-corrected chi connectivity index (χ0v) is 20.7. The second kappa shape index (κ2) is 11.3. The zero-order chi connectivity index (χ0) is 23.0. The lowest BCUT2D eigenvalue weighted by molar-refractivity contribution is 0.271. The number of guanidine groups is 1. The molecule has 6 heteroatoms. The smallest absolute Gasteiger partial charge is 0.191 e. The lowest BCUT2D eigenvalue weighted by Crippen LogP contribution is -2.56. The number of benzene rings is 1. The third kappa shape index (κ3) is 6.57. The molecular weight excluding hydrogens is 384 g/mol. The summed E-state index contributed by atoms with van der Waals surface area (Å²) in [6, 6.07) is 11.2. The van der Waals surface area contributed by atoms with Crippen LogP contribution in [0.2, 0.25) is 0 Å². The van der Waals surface area contributed by atoms with Crippen LogP contribution in [0.3, 0.4) is 0 Å². The predicted octanol–water partition coefficient (Wildman–Crippen LogP) is 4.04. The van der Waals surface area contributed by atoms with Crippen LogP contribution in [0, 0.1) is 13.8 Å². The van der Waals surface area contributed by atoms with Crippen LogP contribution in [0.25, 0.3) is 0 Å². The van der Waals surface area contributed by atoms with E-state index in [0.29, 0.717) is 0 Å². The summed E-state index contributed by atoms with van der Waals surface area (Å²) in [5.74, 6) is 0.840. The highest BCUT2D eigenvalue weighted by atomic mass is 15.3. The van der Waals surface area contributed by atoms with E-state index in [2.05, 4.69) is 97.9 Å². The minimum Gasteiger partial charge on any atom is -0.355 e. The van der Waals surface area contributed by atoms with Gasteiger partial charge in [-0.25, -0.2) is 0 Å². The largest absolute Gasteiger partial charge is 0.355 e. The van der Waals surface area contributed by atoms with Crippen molar-refractivity contribution in [2.45, 2.75) is 78.4 Å². The maximum atomic E-state index is 4.54. The first kappa shape index (κ1) is 24.9. The molecule has 0 aliphatic carbocycles. The number of hydrogen-bond donors (Lipinski definition) is 3. The van der Waals surface area contributed by atoms with E-state index >= 15 is 0 Å². The molecule has 0 aliphatic heterocycles. The van der Waals surface area contributed by atoms with Crippen LogP contribution in [0.4, 0.5) is 0 Å². The molecule has 2 atom stereocenters. The van der Waals surface area contributed by atoms with Gasteiger partial charge in [0.2, 0.25) is 0 Å². The summed E-state index contributed by atoms with van der Waals surface area (Å²) in [6.07, 6.45) is 2.99. The van der Waals surface area contributed by atoms with E-state index in [1.807, 2.05) is 18.8 Å². The van der Waals surface area contributed by atoms with Crippen molar-refractivity contribution in [2.24, 2.45) is 12.0 Å². The van der Waals surface area contributed by atoms with Gasteiger partial charge >= 0.3 is 0 Å². The molecule has 0 bridgehead atoms. The van der Waals surface area contributed by atoms with E-state index in [1.165, 1.54) is 16.8 Å². The Balaban J connectivity index is 1.99. The average molecular weight is 427 g/mol. The van der Waals surface area contributed by atoms with Crippen LogP contribution < -0.4 is 16.0 Å². The molecule has 0 spiro atoms. The molecule has 2 unspecified atom stereocenters. The summed E-state index contributed by atoms with van der Waals surface area (Å²) in [5.41, 5.74) is 4.95. The molecule has 2 aromatic rings. The first-order valence-corrected chi connectivity index (χ1v) is 11.5. The molecule has 1 heterocycles. The van der Waals surface area contributed by atoms with Crippen LogP contribution in [0.5, 0.6) is 0 Å². The Kier molecular flexibility index (Phi) is 9.11. The maximum Gasteiger partial charge on any atom is 0.191 e. The second-order valence-corrected chi connectivity index (χ2v) is 8.71. The number of nitrogens with zero attached hydrogens (tertiary/aromatic N) is 3. The van der Waals surface area contributed by atoms with Crippen molar-refractivity contribution in [3.8, 4) is 0 Å². The van der Waals surface area contributed by atoms with Crippen molar-refractivity contribution in [3.63, 3.8) is 0 Å². The molecule has 0 amide bonds. The number of aliphatic imine (C=N–C) groups is 1. The molecule has 0 fully saturated rings. The topological polar surface area (TPSA) is 66.3 Å². The molecule has 3 N–H and O–H groups in total. The highest BCUT2D eigenvalue weighted by Gasteiger charge is 2.28. The van der Waals surface area contributed by atoms with Crippen LogP contribution in [0.15, 0.2) is 35.3 Å². The SMILES string of the molecule is CCC(CC)(CNC(=NC)NC(C)Cc1c(C)nn(C)c1C)NC(C)c1ccccc1. The molecule has 31 heavy (non-hydrogen) atoms. The van der Waals surface area contributed by atoms with Gasteiger partial charge in [-0.05, 0) is 58.1 Å². The molecule has 6 nitrogen and oxygen atoms in total. The Bertz CT molecular complexity index is 835. The van der Waals surface area contributed by atoms with E-state index in [-0.39, 0.29) is 17.6 Å². The quantitative estimate of drug-likeness (QED) is 0.396. The third-order valence-corrected chi connectivity index (χ3v) is 6.55. The summed E-state index contributed by atoms with van der Waals surface area (Å²) < 4.78 is 1.96. The van der Waals surface area contributed by atoms with Crippen LogP contribution in [-0.4, -0.2) is 40.9 Å². The average Bonchev–Trinajstić information content (AvgIpc) is 3.01. The number of nitrogens with one attached hydrogen (secondary N) is 3. The van der Waals surface area contributed by atoms with Gasteiger partial charge in [0.1, 0.15) is 0 Å². The minimum absolute atomic E-state index is 0.00730. The van der Waals surface area contributed by atoms with Gasteiger partial charge < -0.3 is 16.0 Å². The standard InChI is InChI=1S/C25H42N6/c1-9-25(10-2,29-19(4)22-14-12-11-13-15-22)17-27-24(26-7)28-18(3)16-23-20(5)30-31(8)21(23)6/h11-15,18-19,29H,9-10,16-17H2,1-8H3,(H2,26,27,28). The van der Waals surface area contributed by atoms with Crippen molar-refractivity contribution in [3.05, 3.63) is 52.8 Å². The molecule has 0 aliphatic rings. The zero-order valence-electron chi connectivity index (χ0n) is 20.7. The van der Waals surface area contributed by atoms with Gasteiger partial charge in [-0.3, -0.25) is 9.67 Å². The Labute approximate surface area is 188 Å². The summed E-state index contributed by atoms with van der Waals surface area (Å²) in [4.78, 5) is 4.47. The van der Waals surface area contributed by atoms with Gasteiger partial charge in [0, 0.05) is 44.0 Å². The second-order valence-electron chi connectivity index (χ2n) is 8.71. The highest BCUT2D eigenvalue weighted by Crippen LogP contribution is 2.21. The van der Waals surface area contributed by atoms with E-state index in [0.717, 1.165) is 37.5 Å². The lowest BCUT2D eigenvalue weighted by atomic mass is 9.90. The Morgan fingerprint density at radius 1 is 1.13 bits per heavy atom. The summed E-state index contributed by atoms with van der Waals surface area (Å²) in [7, 11) is 3.84. The van der Waals surface area contributed by atoms with E-state index < -0.39 is 0 Å². The molecule has 1 aromatic heterocycles.